The molecule has 3 nitrogen and oxygen atoms in total. The molecule has 0 aliphatic heterocycles. The zero-order valence-electron chi connectivity index (χ0n) is 12.9. The van der Waals surface area contributed by atoms with E-state index in [9.17, 15) is 4.79 Å². The van der Waals surface area contributed by atoms with Crippen molar-refractivity contribution in [3.63, 3.8) is 0 Å². The van der Waals surface area contributed by atoms with Gasteiger partial charge in [0.15, 0.2) is 0 Å². The Labute approximate surface area is 135 Å². The summed E-state index contributed by atoms with van der Waals surface area (Å²) in [5, 5.41) is 6.29. The first-order valence-corrected chi connectivity index (χ1v) is 8.85. The number of aromatic nitrogens is 1. The van der Waals surface area contributed by atoms with Crippen molar-refractivity contribution in [1.29, 1.82) is 0 Å². The molecular formula is C18H22N2OS. The van der Waals surface area contributed by atoms with Gasteiger partial charge in [-0.1, -0.05) is 24.3 Å². The molecule has 0 radical (unpaired) electrons. The van der Waals surface area contributed by atoms with Gasteiger partial charge in [0, 0.05) is 24.0 Å². The number of thiazole rings is 1. The molecule has 1 aromatic heterocycles. The summed E-state index contributed by atoms with van der Waals surface area (Å²) in [7, 11) is 0. The fraction of sp³-hybridized carbons (Fsp3) is 0.444. The fourth-order valence-corrected chi connectivity index (χ4v) is 3.61. The summed E-state index contributed by atoms with van der Waals surface area (Å²) in [6, 6.07) is 8.40. The predicted molar refractivity (Wildman–Crippen MR) is 90.1 cm³/mol. The molecule has 1 fully saturated rings. The number of nitrogens with one attached hydrogen (secondary N) is 1. The van der Waals surface area contributed by atoms with Crippen LogP contribution in [0.4, 0.5) is 0 Å². The summed E-state index contributed by atoms with van der Waals surface area (Å²) in [6.07, 6.45) is 5.96. The lowest BCUT2D eigenvalue weighted by Crippen LogP contribution is -2.26. The topological polar surface area (TPSA) is 42.0 Å². The number of benzene rings is 1. The van der Waals surface area contributed by atoms with Crippen LogP contribution in [-0.4, -0.2) is 17.4 Å². The summed E-state index contributed by atoms with van der Waals surface area (Å²) < 4.78 is 0. The smallest absolute Gasteiger partial charge is 0.223 e. The SMILES string of the molecule is Cc1ccccc1[C@@H]1C[C@H]1C(=O)NCCCCc1nccs1. The van der Waals surface area contributed by atoms with Crippen molar-refractivity contribution < 1.29 is 4.79 Å². The van der Waals surface area contributed by atoms with Crippen LogP contribution in [0.3, 0.4) is 0 Å². The molecule has 0 bridgehead atoms. The highest BCUT2D eigenvalue weighted by Crippen LogP contribution is 2.48. The average Bonchev–Trinajstić information content (AvgIpc) is 3.14. The van der Waals surface area contributed by atoms with Crippen LogP contribution in [0.25, 0.3) is 0 Å². The molecule has 2 atom stereocenters. The summed E-state index contributed by atoms with van der Waals surface area (Å²) in [5.41, 5.74) is 2.64. The zero-order chi connectivity index (χ0) is 15.4. The molecule has 116 valence electrons. The number of carbonyl (C=O) groups is 1. The molecule has 0 saturated heterocycles. The van der Waals surface area contributed by atoms with Crippen molar-refractivity contribution in [2.75, 3.05) is 6.54 Å². The number of carbonyl (C=O) groups excluding carboxylic acids is 1. The van der Waals surface area contributed by atoms with E-state index in [-0.39, 0.29) is 11.8 Å². The van der Waals surface area contributed by atoms with Gasteiger partial charge in [0.2, 0.25) is 5.91 Å². The van der Waals surface area contributed by atoms with E-state index in [2.05, 4.69) is 41.5 Å². The molecule has 4 heteroatoms. The normalized spacial score (nSPS) is 19.9. The maximum absolute atomic E-state index is 12.2. The van der Waals surface area contributed by atoms with Gasteiger partial charge in [0.25, 0.3) is 0 Å². The molecule has 1 N–H and O–H groups in total. The number of unbranched alkanes of at least 4 members (excludes halogenated alkanes) is 1. The molecule has 1 heterocycles. The van der Waals surface area contributed by atoms with E-state index >= 15 is 0 Å². The van der Waals surface area contributed by atoms with E-state index in [0.717, 1.165) is 32.2 Å². The maximum atomic E-state index is 12.2. The van der Waals surface area contributed by atoms with Crippen LogP contribution in [0, 0.1) is 12.8 Å². The molecule has 3 rings (SSSR count). The van der Waals surface area contributed by atoms with Crippen molar-refractivity contribution in [3.05, 3.63) is 52.0 Å². The fourth-order valence-electron chi connectivity index (χ4n) is 2.95. The second-order valence-electron chi connectivity index (χ2n) is 5.98. The maximum Gasteiger partial charge on any atom is 0.223 e. The Morgan fingerprint density at radius 3 is 3.00 bits per heavy atom. The molecule has 1 amide bonds. The third-order valence-electron chi connectivity index (χ3n) is 4.32. The van der Waals surface area contributed by atoms with E-state index in [1.165, 1.54) is 16.1 Å². The van der Waals surface area contributed by atoms with Gasteiger partial charge in [0.1, 0.15) is 0 Å². The molecule has 22 heavy (non-hydrogen) atoms. The van der Waals surface area contributed by atoms with E-state index < -0.39 is 0 Å². The number of hydrogen-bond acceptors (Lipinski definition) is 3. The lowest BCUT2D eigenvalue weighted by atomic mass is 10.0. The second kappa shape index (κ2) is 7.05. The standard InChI is InChI=1S/C18H22N2OS/c1-13-6-2-3-7-14(13)15-12-16(15)18(21)20-9-5-4-8-17-19-10-11-22-17/h2-3,6-7,10-11,15-16H,4-5,8-9,12H2,1H3,(H,20,21)/t15-,16+/m0/s1. The Bertz CT molecular complexity index is 624. The second-order valence-corrected chi connectivity index (χ2v) is 6.96. The highest BCUT2D eigenvalue weighted by atomic mass is 32.1. The van der Waals surface area contributed by atoms with Crippen LogP contribution in [-0.2, 0) is 11.2 Å². The van der Waals surface area contributed by atoms with Crippen LogP contribution < -0.4 is 5.32 Å². The third kappa shape index (κ3) is 3.74. The van der Waals surface area contributed by atoms with Crippen LogP contribution in [0.1, 0.15) is 41.3 Å². The van der Waals surface area contributed by atoms with Gasteiger partial charge in [-0.3, -0.25) is 4.79 Å². The highest BCUT2D eigenvalue weighted by molar-refractivity contribution is 7.09. The minimum Gasteiger partial charge on any atom is -0.356 e. The Morgan fingerprint density at radius 2 is 2.23 bits per heavy atom. The van der Waals surface area contributed by atoms with Crippen LogP contribution in [0.2, 0.25) is 0 Å². The third-order valence-corrected chi connectivity index (χ3v) is 5.15. The van der Waals surface area contributed by atoms with Crippen molar-refractivity contribution in [2.24, 2.45) is 5.92 Å². The molecule has 1 saturated carbocycles. The summed E-state index contributed by atoms with van der Waals surface area (Å²) in [5.74, 6) is 0.832. The average molecular weight is 314 g/mol. The Morgan fingerprint density at radius 1 is 1.36 bits per heavy atom. The van der Waals surface area contributed by atoms with Crippen LogP contribution in [0.15, 0.2) is 35.8 Å². The first kappa shape index (κ1) is 15.2. The van der Waals surface area contributed by atoms with Gasteiger partial charge in [-0.2, -0.15) is 0 Å². The monoisotopic (exact) mass is 314 g/mol. The van der Waals surface area contributed by atoms with Crippen LogP contribution >= 0.6 is 11.3 Å². The zero-order valence-corrected chi connectivity index (χ0v) is 13.7. The Kier molecular flexibility index (Phi) is 4.88. The van der Waals surface area contributed by atoms with Gasteiger partial charge in [-0.25, -0.2) is 4.98 Å². The molecule has 2 aromatic rings. The molecule has 1 aliphatic rings. The van der Waals surface area contributed by atoms with Gasteiger partial charge >= 0.3 is 0 Å². The number of aryl methyl sites for hydroxylation is 2. The largest absolute Gasteiger partial charge is 0.356 e. The predicted octanol–water partition coefficient (Wildman–Crippen LogP) is 3.69. The Hall–Kier alpha value is -1.68. The van der Waals surface area contributed by atoms with Gasteiger partial charge < -0.3 is 5.32 Å². The van der Waals surface area contributed by atoms with Gasteiger partial charge in [-0.15, -0.1) is 11.3 Å². The van der Waals surface area contributed by atoms with Gasteiger partial charge in [0.05, 0.1) is 5.01 Å². The summed E-state index contributed by atoms with van der Waals surface area (Å²) in [6.45, 7) is 2.91. The molecular weight excluding hydrogens is 292 g/mol. The van der Waals surface area contributed by atoms with Gasteiger partial charge in [-0.05, 0) is 49.7 Å². The highest BCUT2D eigenvalue weighted by Gasteiger charge is 2.44. The lowest BCUT2D eigenvalue weighted by molar-refractivity contribution is -0.122. The first-order valence-electron chi connectivity index (χ1n) is 7.97. The summed E-state index contributed by atoms with van der Waals surface area (Å²) >= 11 is 1.70. The molecule has 1 aliphatic carbocycles. The number of amides is 1. The Balaban J connectivity index is 1.36. The van der Waals surface area contributed by atoms with Crippen molar-refractivity contribution in [1.82, 2.24) is 10.3 Å². The van der Waals surface area contributed by atoms with E-state index in [4.69, 9.17) is 0 Å². The number of nitrogens with zero attached hydrogens (tertiary/aromatic N) is 1. The quantitative estimate of drug-likeness (QED) is 0.792. The molecule has 1 aromatic carbocycles. The van der Waals surface area contributed by atoms with Crippen molar-refractivity contribution >= 4 is 17.2 Å². The molecule has 0 spiro atoms. The summed E-state index contributed by atoms with van der Waals surface area (Å²) in [4.78, 5) is 16.4. The van der Waals surface area contributed by atoms with E-state index in [1.54, 1.807) is 11.3 Å². The number of rotatable bonds is 7. The lowest BCUT2D eigenvalue weighted by Gasteiger charge is -2.06. The first-order chi connectivity index (χ1) is 10.8. The number of hydrogen-bond donors (Lipinski definition) is 1. The van der Waals surface area contributed by atoms with E-state index in [0.29, 0.717) is 5.92 Å². The van der Waals surface area contributed by atoms with Crippen LogP contribution in [0.5, 0.6) is 0 Å². The minimum absolute atomic E-state index is 0.181. The van der Waals surface area contributed by atoms with E-state index in [1.807, 2.05) is 11.6 Å². The van der Waals surface area contributed by atoms with Crippen molar-refractivity contribution in [3.8, 4) is 0 Å². The van der Waals surface area contributed by atoms with Crippen molar-refractivity contribution in [2.45, 2.75) is 38.5 Å². The minimum atomic E-state index is 0.181. The molecule has 0 unspecified atom stereocenters.